The van der Waals surface area contributed by atoms with Crippen LogP contribution in [0, 0.1) is 0 Å². The lowest BCUT2D eigenvalue weighted by molar-refractivity contribution is 0.600. The first-order chi connectivity index (χ1) is 7.90. The number of hydrogen-bond acceptors (Lipinski definition) is 3. The van der Waals surface area contributed by atoms with Crippen molar-refractivity contribution < 1.29 is 0 Å². The third kappa shape index (κ3) is 1.58. The molecule has 0 aliphatic carbocycles. The molecular formula is C11H10BrN3S. The van der Waals surface area contributed by atoms with E-state index < -0.39 is 0 Å². The number of rotatable bonds is 2. The minimum Gasteiger partial charge on any atom is -0.297 e. The zero-order valence-electron chi connectivity index (χ0n) is 8.51. The van der Waals surface area contributed by atoms with Crippen LogP contribution in [0.15, 0.2) is 35.5 Å². The molecule has 1 aliphatic heterocycles. The van der Waals surface area contributed by atoms with Crippen LogP contribution >= 0.6 is 27.7 Å². The maximum Gasteiger partial charge on any atom is 0.191 e. The van der Waals surface area contributed by atoms with Gasteiger partial charge in [-0.1, -0.05) is 58.0 Å². The Bertz CT molecular complexity index is 497. The van der Waals surface area contributed by atoms with Gasteiger partial charge in [-0.2, -0.15) is 0 Å². The van der Waals surface area contributed by atoms with Crippen molar-refractivity contribution in [2.24, 2.45) is 0 Å². The Hall–Kier alpha value is -0.810. The molecule has 3 rings (SSSR count). The average Bonchev–Trinajstić information content (AvgIpc) is 2.90. The third-order valence-electron chi connectivity index (χ3n) is 2.64. The Morgan fingerprint density at radius 3 is 2.88 bits per heavy atom. The van der Waals surface area contributed by atoms with Crippen LogP contribution in [-0.2, 0) is 0 Å². The van der Waals surface area contributed by atoms with E-state index in [1.165, 1.54) is 0 Å². The fraction of sp³-hybridized carbons (Fsp3) is 0.273. The quantitative estimate of drug-likeness (QED) is 0.798. The Balaban J connectivity index is 2.10. The summed E-state index contributed by atoms with van der Waals surface area (Å²) in [6.07, 6.45) is 0. The van der Waals surface area contributed by atoms with Crippen LogP contribution in [0.1, 0.15) is 6.04 Å². The van der Waals surface area contributed by atoms with Crippen LogP contribution in [0.2, 0.25) is 0 Å². The van der Waals surface area contributed by atoms with Gasteiger partial charge in [-0.25, -0.2) is 0 Å². The first-order valence-corrected chi connectivity index (χ1v) is 7.20. The van der Waals surface area contributed by atoms with Gasteiger partial charge in [-0.3, -0.25) is 4.57 Å². The molecule has 0 spiro atoms. The van der Waals surface area contributed by atoms with Crippen LogP contribution in [0.3, 0.4) is 0 Å². The van der Waals surface area contributed by atoms with Gasteiger partial charge in [0.15, 0.2) is 11.0 Å². The maximum absolute atomic E-state index is 4.28. The predicted molar refractivity (Wildman–Crippen MR) is 69.0 cm³/mol. The van der Waals surface area contributed by atoms with Gasteiger partial charge in [0.05, 0.1) is 6.04 Å². The molecule has 1 aromatic carbocycles. The molecular weight excluding hydrogens is 286 g/mol. The molecule has 0 radical (unpaired) electrons. The number of thioether (sulfide) groups is 1. The summed E-state index contributed by atoms with van der Waals surface area (Å²) in [7, 11) is 0. The molecule has 82 valence electrons. The lowest BCUT2D eigenvalue weighted by atomic mass is 10.2. The highest BCUT2D eigenvalue weighted by atomic mass is 79.9. The van der Waals surface area contributed by atoms with Crippen molar-refractivity contribution in [2.45, 2.75) is 11.2 Å². The highest BCUT2D eigenvalue weighted by molar-refractivity contribution is 9.09. The predicted octanol–water partition coefficient (Wildman–Crippen LogP) is 2.99. The van der Waals surface area contributed by atoms with Gasteiger partial charge >= 0.3 is 0 Å². The molecule has 0 N–H and O–H groups in total. The molecule has 0 bridgehead atoms. The largest absolute Gasteiger partial charge is 0.297 e. The molecule has 0 saturated carbocycles. The SMILES string of the molecule is BrC[C@@H]1CSc2nnc(-c3ccccc3)n21. The summed E-state index contributed by atoms with van der Waals surface area (Å²) in [6.45, 7) is 0. The van der Waals surface area contributed by atoms with E-state index in [4.69, 9.17) is 0 Å². The average molecular weight is 296 g/mol. The molecule has 2 aromatic rings. The number of benzene rings is 1. The number of aromatic nitrogens is 3. The first kappa shape index (κ1) is 10.4. The molecule has 1 atom stereocenters. The van der Waals surface area contributed by atoms with E-state index in [9.17, 15) is 0 Å². The van der Waals surface area contributed by atoms with Crippen LogP contribution in [0.4, 0.5) is 0 Å². The molecule has 2 heterocycles. The van der Waals surface area contributed by atoms with Crippen LogP contribution < -0.4 is 0 Å². The summed E-state index contributed by atoms with van der Waals surface area (Å²) in [5.74, 6) is 2.06. The van der Waals surface area contributed by atoms with Crippen molar-refractivity contribution in [2.75, 3.05) is 11.1 Å². The van der Waals surface area contributed by atoms with E-state index in [1.807, 2.05) is 18.2 Å². The summed E-state index contributed by atoms with van der Waals surface area (Å²) in [5, 5.41) is 10.5. The number of hydrogen-bond donors (Lipinski definition) is 0. The van der Waals surface area contributed by atoms with Gasteiger partial charge in [0.25, 0.3) is 0 Å². The summed E-state index contributed by atoms with van der Waals surface area (Å²) in [6, 6.07) is 10.7. The molecule has 0 saturated heterocycles. The molecule has 5 heteroatoms. The van der Waals surface area contributed by atoms with E-state index in [1.54, 1.807) is 11.8 Å². The van der Waals surface area contributed by atoms with Gasteiger partial charge in [-0.05, 0) is 0 Å². The zero-order chi connectivity index (χ0) is 11.0. The highest BCUT2D eigenvalue weighted by Crippen LogP contribution is 2.36. The minimum atomic E-state index is 0.463. The fourth-order valence-corrected chi connectivity index (χ4v) is 3.75. The molecule has 0 unspecified atom stereocenters. The second kappa shape index (κ2) is 4.22. The Labute approximate surface area is 106 Å². The Kier molecular flexibility index (Phi) is 2.73. The Morgan fingerprint density at radius 1 is 1.31 bits per heavy atom. The smallest absolute Gasteiger partial charge is 0.191 e. The van der Waals surface area contributed by atoms with Crippen molar-refractivity contribution >= 4 is 27.7 Å². The molecule has 1 aromatic heterocycles. The van der Waals surface area contributed by atoms with Crippen molar-refractivity contribution in [3.8, 4) is 11.4 Å². The van der Waals surface area contributed by atoms with E-state index >= 15 is 0 Å². The van der Waals surface area contributed by atoms with Crippen molar-refractivity contribution in [1.29, 1.82) is 0 Å². The number of alkyl halides is 1. The molecule has 16 heavy (non-hydrogen) atoms. The lowest BCUT2D eigenvalue weighted by Gasteiger charge is -2.10. The topological polar surface area (TPSA) is 30.7 Å². The van der Waals surface area contributed by atoms with E-state index in [-0.39, 0.29) is 0 Å². The normalized spacial score (nSPS) is 18.7. The standard InChI is InChI=1S/C11H10BrN3S/c12-6-9-7-16-11-14-13-10(15(9)11)8-4-2-1-3-5-8/h1-5,9H,6-7H2/t9-/m1/s1. The molecule has 3 nitrogen and oxygen atoms in total. The number of halogens is 1. The van der Waals surface area contributed by atoms with E-state index in [2.05, 4.69) is 42.8 Å². The second-order valence-electron chi connectivity index (χ2n) is 3.66. The summed E-state index contributed by atoms with van der Waals surface area (Å²) in [5.41, 5.74) is 1.13. The lowest BCUT2D eigenvalue weighted by Crippen LogP contribution is -2.09. The van der Waals surface area contributed by atoms with E-state index in [0.29, 0.717) is 6.04 Å². The maximum atomic E-state index is 4.28. The fourth-order valence-electron chi connectivity index (χ4n) is 1.85. The monoisotopic (exact) mass is 295 g/mol. The number of fused-ring (bicyclic) bond motifs is 1. The second-order valence-corrected chi connectivity index (χ2v) is 5.30. The summed E-state index contributed by atoms with van der Waals surface area (Å²) >= 11 is 5.32. The molecule has 0 fully saturated rings. The van der Waals surface area contributed by atoms with Gasteiger partial charge < -0.3 is 0 Å². The highest BCUT2D eigenvalue weighted by Gasteiger charge is 2.27. The molecule has 0 amide bonds. The van der Waals surface area contributed by atoms with Crippen molar-refractivity contribution in [3.05, 3.63) is 30.3 Å². The number of nitrogens with zero attached hydrogens (tertiary/aromatic N) is 3. The summed E-state index contributed by atoms with van der Waals surface area (Å²) in [4.78, 5) is 0. The third-order valence-corrected chi connectivity index (χ3v) is 4.48. The minimum absolute atomic E-state index is 0.463. The van der Waals surface area contributed by atoms with Crippen LogP contribution in [0.25, 0.3) is 11.4 Å². The van der Waals surface area contributed by atoms with Crippen LogP contribution in [0.5, 0.6) is 0 Å². The van der Waals surface area contributed by atoms with Gasteiger partial charge in [0.1, 0.15) is 0 Å². The van der Waals surface area contributed by atoms with Gasteiger partial charge in [-0.15, -0.1) is 10.2 Å². The van der Waals surface area contributed by atoms with Crippen LogP contribution in [-0.4, -0.2) is 25.8 Å². The van der Waals surface area contributed by atoms with Crippen molar-refractivity contribution in [1.82, 2.24) is 14.8 Å². The van der Waals surface area contributed by atoms with Gasteiger partial charge in [0, 0.05) is 16.6 Å². The van der Waals surface area contributed by atoms with Crippen molar-refractivity contribution in [3.63, 3.8) is 0 Å². The van der Waals surface area contributed by atoms with Gasteiger partial charge in [0.2, 0.25) is 0 Å². The zero-order valence-corrected chi connectivity index (χ0v) is 10.9. The first-order valence-electron chi connectivity index (χ1n) is 5.09. The Morgan fingerprint density at radius 2 is 2.12 bits per heavy atom. The molecule has 1 aliphatic rings. The van der Waals surface area contributed by atoms with E-state index in [0.717, 1.165) is 27.6 Å². The summed E-state index contributed by atoms with van der Waals surface area (Å²) < 4.78 is 2.23.